The first-order valence-corrected chi connectivity index (χ1v) is 15.5. The van der Waals surface area contributed by atoms with E-state index < -0.39 is 76.6 Å². The van der Waals surface area contributed by atoms with Gasteiger partial charge in [0.15, 0.2) is 0 Å². The van der Waals surface area contributed by atoms with E-state index in [1.54, 1.807) is 18.9 Å². The highest BCUT2D eigenvalue weighted by Crippen LogP contribution is 2.40. The first-order valence-electron chi connectivity index (χ1n) is 15.5. The monoisotopic (exact) mass is 703 g/mol. The average Bonchev–Trinajstić information content (AvgIpc) is 3.29. The summed E-state index contributed by atoms with van der Waals surface area (Å²) in [6.07, 6.45) is -6.46. The number of benzene rings is 2. The minimum atomic E-state index is -4.98. The van der Waals surface area contributed by atoms with Crippen molar-refractivity contribution in [1.82, 2.24) is 24.6 Å². The summed E-state index contributed by atoms with van der Waals surface area (Å²) in [6, 6.07) is 2.75. The molecule has 0 radical (unpaired) electrons. The first kappa shape index (κ1) is 34.7. The van der Waals surface area contributed by atoms with Crippen LogP contribution in [-0.4, -0.2) is 62.0 Å². The molecule has 1 saturated heterocycles. The van der Waals surface area contributed by atoms with Gasteiger partial charge in [0.25, 0.3) is 5.56 Å². The largest absolute Gasteiger partial charge is 0.481 e. The molecule has 0 aliphatic carbocycles. The third-order valence-electron chi connectivity index (χ3n) is 9.03. The second-order valence-electron chi connectivity index (χ2n) is 12.5. The molecule has 2 atom stereocenters. The number of fused-ring (bicyclic) bond motifs is 6. The fourth-order valence-corrected chi connectivity index (χ4v) is 6.39. The van der Waals surface area contributed by atoms with Crippen LogP contribution in [0.2, 0.25) is 0 Å². The van der Waals surface area contributed by atoms with E-state index in [0.29, 0.717) is 27.5 Å². The Bertz CT molecular complexity index is 2070. The molecule has 2 aliphatic rings. The summed E-state index contributed by atoms with van der Waals surface area (Å²) in [6.45, 7) is 3.18. The number of aryl methyl sites for hydroxylation is 2. The molecule has 2 N–H and O–H groups in total. The van der Waals surface area contributed by atoms with E-state index in [1.165, 1.54) is 29.8 Å². The third kappa shape index (κ3) is 6.58. The quantitative estimate of drug-likeness (QED) is 0.259. The molecule has 2 aromatic heterocycles. The van der Waals surface area contributed by atoms with Crippen LogP contribution >= 0.6 is 0 Å². The number of pyridine rings is 1. The van der Waals surface area contributed by atoms with Gasteiger partial charge in [-0.1, -0.05) is 0 Å². The van der Waals surface area contributed by atoms with E-state index >= 15 is 8.78 Å². The normalized spacial score (nSPS) is 18.2. The Labute approximate surface area is 280 Å². The lowest BCUT2D eigenvalue weighted by Crippen LogP contribution is -2.49. The molecule has 2 aromatic carbocycles. The third-order valence-corrected chi connectivity index (χ3v) is 9.03. The number of carboxylic acid groups (broad SMARTS) is 1. The molecule has 4 heterocycles. The number of amides is 1. The summed E-state index contributed by atoms with van der Waals surface area (Å²) in [5, 5.41) is 16.6. The van der Waals surface area contributed by atoms with Gasteiger partial charge in [-0.05, 0) is 67.3 Å². The Kier molecular flexibility index (Phi) is 9.01. The minimum Gasteiger partial charge on any atom is -0.481 e. The molecule has 6 rings (SSSR count). The van der Waals surface area contributed by atoms with E-state index in [0.717, 1.165) is 18.3 Å². The van der Waals surface area contributed by atoms with Crippen molar-refractivity contribution in [3.8, 4) is 22.8 Å². The lowest BCUT2D eigenvalue weighted by Gasteiger charge is -2.34. The molecule has 10 nitrogen and oxygen atoms in total. The number of likely N-dealkylation sites (tertiary alicyclic amines) is 1. The molecule has 0 unspecified atom stereocenters. The smallest absolute Gasteiger partial charge is 0.416 e. The van der Waals surface area contributed by atoms with Gasteiger partial charge >= 0.3 is 12.1 Å². The number of halogens is 6. The SMILES string of the molecule is Cc1cc2cc(c1F)[C@H](CC(=O)O)NC(=O)[C@H](n1cc(CCN3CC(F)C3)c(C(F)(F)F)cc1=O)c1cc(ccc1F)Oc1nn(C)c(C)c1-2. The van der Waals surface area contributed by atoms with Gasteiger partial charge in [-0.15, -0.1) is 5.10 Å². The van der Waals surface area contributed by atoms with Crippen LogP contribution in [0.4, 0.5) is 26.3 Å². The molecular weight excluding hydrogens is 672 g/mol. The van der Waals surface area contributed by atoms with Gasteiger partial charge in [-0.2, -0.15) is 13.2 Å². The zero-order valence-corrected chi connectivity index (χ0v) is 26.9. The number of carbonyl (C=O) groups is 2. The van der Waals surface area contributed by atoms with Gasteiger partial charge in [-0.3, -0.25) is 28.5 Å². The number of hydrogen-bond acceptors (Lipinski definition) is 6. The maximum absolute atomic E-state index is 15.8. The van der Waals surface area contributed by atoms with Crippen molar-refractivity contribution in [3.05, 3.63) is 98.1 Å². The van der Waals surface area contributed by atoms with Crippen LogP contribution in [0, 0.1) is 25.5 Å². The Morgan fingerprint density at radius 2 is 1.80 bits per heavy atom. The highest BCUT2D eigenvalue weighted by atomic mass is 19.4. The maximum atomic E-state index is 15.8. The number of carboxylic acids is 1. The second-order valence-corrected chi connectivity index (χ2v) is 12.5. The first-order chi connectivity index (χ1) is 23.5. The molecule has 1 amide bonds. The van der Waals surface area contributed by atoms with E-state index in [2.05, 4.69) is 10.4 Å². The summed E-state index contributed by atoms with van der Waals surface area (Å²) in [4.78, 5) is 41.3. The average molecular weight is 704 g/mol. The van der Waals surface area contributed by atoms with Crippen molar-refractivity contribution < 1.29 is 45.8 Å². The van der Waals surface area contributed by atoms with Crippen molar-refractivity contribution in [2.75, 3.05) is 19.6 Å². The zero-order chi connectivity index (χ0) is 36.2. The molecule has 0 saturated carbocycles. The number of aromatic nitrogens is 3. The van der Waals surface area contributed by atoms with Gasteiger partial charge in [-0.25, -0.2) is 13.2 Å². The number of aliphatic carboxylic acids is 1. The topological polar surface area (TPSA) is 119 Å². The lowest BCUT2D eigenvalue weighted by atomic mass is 9.94. The number of hydrogen-bond donors (Lipinski definition) is 2. The molecule has 0 spiro atoms. The van der Waals surface area contributed by atoms with Crippen molar-refractivity contribution >= 4 is 11.9 Å². The summed E-state index contributed by atoms with van der Waals surface area (Å²) >= 11 is 0. The van der Waals surface area contributed by atoms with Gasteiger partial charge < -0.3 is 15.2 Å². The predicted molar refractivity (Wildman–Crippen MR) is 167 cm³/mol. The van der Waals surface area contributed by atoms with Gasteiger partial charge in [0.05, 0.1) is 23.6 Å². The number of nitrogens with one attached hydrogen (secondary N) is 1. The van der Waals surface area contributed by atoms with E-state index in [4.69, 9.17) is 4.74 Å². The van der Waals surface area contributed by atoms with Crippen molar-refractivity contribution in [1.29, 1.82) is 0 Å². The zero-order valence-electron chi connectivity index (χ0n) is 26.9. The van der Waals surface area contributed by atoms with E-state index in [9.17, 15) is 37.1 Å². The van der Waals surface area contributed by atoms with Crippen LogP contribution in [-0.2, 0) is 29.2 Å². The number of nitrogens with zero attached hydrogens (tertiary/aromatic N) is 4. The summed E-state index contributed by atoms with van der Waals surface area (Å²) in [5.41, 5.74) is -2.39. The predicted octanol–water partition coefficient (Wildman–Crippen LogP) is 5.39. The Morgan fingerprint density at radius 3 is 2.46 bits per heavy atom. The molecule has 1 fully saturated rings. The minimum absolute atomic E-state index is 0.000111. The Hall–Kier alpha value is -5.12. The van der Waals surface area contributed by atoms with Crippen LogP contribution in [0.15, 0.2) is 47.4 Å². The molecule has 16 heteroatoms. The van der Waals surface area contributed by atoms with Crippen molar-refractivity contribution in [2.24, 2.45) is 7.05 Å². The van der Waals surface area contributed by atoms with Gasteiger partial charge in [0, 0.05) is 55.8 Å². The number of ether oxygens (including phenoxy) is 1. The molecule has 50 heavy (non-hydrogen) atoms. The van der Waals surface area contributed by atoms with Gasteiger partial charge in [0.2, 0.25) is 11.8 Å². The highest BCUT2D eigenvalue weighted by Gasteiger charge is 2.38. The summed E-state index contributed by atoms with van der Waals surface area (Å²) in [7, 11) is 1.62. The Balaban J connectivity index is 1.58. The molecular formula is C34H31F6N5O5. The molecule has 4 aromatic rings. The van der Waals surface area contributed by atoms with Crippen LogP contribution in [0.25, 0.3) is 11.1 Å². The summed E-state index contributed by atoms with van der Waals surface area (Å²) < 4.78 is 95.7. The van der Waals surface area contributed by atoms with E-state index in [1.807, 2.05) is 0 Å². The fourth-order valence-electron chi connectivity index (χ4n) is 6.39. The molecule has 264 valence electrons. The summed E-state index contributed by atoms with van der Waals surface area (Å²) in [5.74, 6) is -4.61. The van der Waals surface area contributed by atoms with E-state index in [-0.39, 0.29) is 48.8 Å². The van der Waals surface area contributed by atoms with Crippen LogP contribution < -0.4 is 15.6 Å². The van der Waals surface area contributed by atoms with Gasteiger partial charge in [0.1, 0.15) is 29.6 Å². The van der Waals surface area contributed by atoms with Crippen LogP contribution in [0.3, 0.4) is 0 Å². The Morgan fingerprint density at radius 1 is 1.08 bits per heavy atom. The fraction of sp³-hybridized carbons (Fsp3) is 0.353. The number of rotatable bonds is 6. The van der Waals surface area contributed by atoms with Crippen LogP contribution in [0.5, 0.6) is 11.6 Å². The molecule has 2 aliphatic heterocycles. The highest BCUT2D eigenvalue weighted by molar-refractivity contribution is 5.85. The molecule has 4 bridgehead atoms. The van der Waals surface area contributed by atoms with Crippen molar-refractivity contribution in [3.63, 3.8) is 0 Å². The van der Waals surface area contributed by atoms with Crippen molar-refractivity contribution in [2.45, 2.75) is 51.1 Å². The lowest BCUT2D eigenvalue weighted by molar-refractivity contribution is -0.139. The number of alkyl halides is 4. The van der Waals surface area contributed by atoms with Crippen LogP contribution in [0.1, 0.15) is 52.0 Å². The standard InChI is InChI=1S/C34H31F6N5O5/c1-16-8-19-9-23(30(16)37)26(12-28(47)48)41-32(49)31(22-10-21(4-5-25(22)36)50-33-29(19)17(2)43(3)42-33)45-13-18(6-7-44-14-20(35)15-44)24(11-27(45)46)34(38,39)40/h4-5,8-11,13,20,26,31H,6-7,12,14-15H2,1-3H3,(H,41,49)(H,47,48)/t26-,31+/m0/s1. The number of carbonyl (C=O) groups excluding carboxylic acids is 1. The second kappa shape index (κ2) is 13.0. The maximum Gasteiger partial charge on any atom is 0.416 e.